The van der Waals surface area contributed by atoms with Crippen molar-refractivity contribution in [3.63, 3.8) is 0 Å². The minimum absolute atomic E-state index is 0.202. The van der Waals surface area contributed by atoms with Crippen LogP contribution in [0.2, 0.25) is 0 Å². The highest BCUT2D eigenvalue weighted by atomic mass is 16.3. The highest BCUT2D eigenvalue weighted by Gasteiger charge is 2.14. The first-order valence-corrected chi connectivity index (χ1v) is 8.16. The van der Waals surface area contributed by atoms with Crippen molar-refractivity contribution in [2.24, 2.45) is 0 Å². The lowest BCUT2D eigenvalue weighted by molar-refractivity contribution is -0.127. The van der Waals surface area contributed by atoms with Crippen LogP contribution in [-0.2, 0) is 11.3 Å². The number of aliphatic hydroxyl groups excluding tert-OH is 1. The standard InChI is InChI=1S/C20H20N2O3/c1-15(23)13-22(14-16-7-3-2-4-8-16)20(24)12-11-19-21-17-9-5-6-10-18(17)25-19/h2-12,15,23H,13-14H2,1H3/b12-11-/t15-/m1/s1. The number of rotatable bonds is 6. The Morgan fingerprint density at radius 1 is 1.20 bits per heavy atom. The normalized spacial score (nSPS) is 12.6. The van der Waals surface area contributed by atoms with Gasteiger partial charge in [-0.15, -0.1) is 0 Å². The highest BCUT2D eigenvalue weighted by Crippen LogP contribution is 2.15. The first-order valence-electron chi connectivity index (χ1n) is 8.16. The van der Waals surface area contributed by atoms with Gasteiger partial charge in [0.25, 0.3) is 0 Å². The van der Waals surface area contributed by atoms with Crippen molar-refractivity contribution < 1.29 is 14.3 Å². The molecule has 0 fully saturated rings. The maximum Gasteiger partial charge on any atom is 0.247 e. The van der Waals surface area contributed by atoms with Gasteiger partial charge in [0.15, 0.2) is 5.58 Å². The zero-order valence-corrected chi connectivity index (χ0v) is 14.0. The van der Waals surface area contributed by atoms with Gasteiger partial charge in [0, 0.05) is 25.2 Å². The lowest BCUT2D eigenvalue weighted by Crippen LogP contribution is -2.35. The molecule has 0 saturated heterocycles. The van der Waals surface area contributed by atoms with Gasteiger partial charge in [-0.1, -0.05) is 42.5 Å². The van der Waals surface area contributed by atoms with Crippen molar-refractivity contribution in [3.8, 4) is 0 Å². The summed E-state index contributed by atoms with van der Waals surface area (Å²) in [6.45, 7) is 2.35. The van der Waals surface area contributed by atoms with E-state index in [-0.39, 0.29) is 12.5 Å². The number of amides is 1. The molecule has 1 aromatic heterocycles. The molecule has 128 valence electrons. The van der Waals surface area contributed by atoms with Crippen LogP contribution >= 0.6 is 0 Å². The smallest absolute Gasteiger partial charge is 0.247 e. The van der Waals surface area contributed by atoms with Gasteiger partial charge < -0.3 is 14.4 Å². The second-order valence-electron chi connectivity index (χ2n) is 5.91. The molecule has 0 aliphatic heterocycles. The molecule has 0 unspecified atom stereocenters. The molecule has 1 N–H and O–H groups in total. The largest absolute Gasteiger partial charge is 0.437 e. The van der Waals surface area contributed by atoms with E-state index in [9.17, 15) is 9.90 Å². The molecule has 25 heavy (non-hydrogen) atoms. The average Bonchev–Trinajstić information content (AvgIpc) is 3.02. The van der Waals surface area contributed by atoms with E-state index in [4.69, 9.17) is 4.42 Å². The number of oxazole rings is 1. The number of carbonyl (C=O) groups excluding carboxylic acids is 1. The summed E-state index contributed by atoms with van der Waals surface area (Å²) in [6, 6.07) is 17.1. The summed E-state index contributed by atoms with van der Waals surface area (Å²) in [5, 5.41) is 9.68. The third-order valence-corrected chi connectivity index (χ3v) is 3.69. The first kappa shape index (κ1) is 16.9. The minimum Gasteiger partial charge on any atom is -0.437 e. The molecule has 0 aliphatic carbocycles. The van der Waals surface area contributed by atoms with Crippen LogP contribution in [0.1, 0.15) is 18.4 Å². The van der Waals surface area contributed by atoms with Crippen LogP contribution in [0.25, 0.3) is 17.2 Å². The molecule has 0 spiro atoms. The van der Waals surface area contributed by atoms with E-state index in [0.29, 0.717) is 18.0 Å². The van der Waals surface area contributed by atoms with Crippen molar-refractivity contribution in [2.75, 3.05) is 6.54 Å². The lowest BCUT2D eigenvalue weighted by Gasteiger charge is -2.22. The fraction of sp³-hybridized carbons (Fsp3) is 0.200. The second kappa shape index (κ2) is 7.77. The molecule has 0 saturated carbocycles. The van der Waals surface area contributed by atoms with E-state index < -0.39 is 6.10 Å². The van der Waals surface area contributed by atoms with Crippen molar-refractivity contribution in [1.29, 1.82) is 0 Å². The van der Waals surface area contributed by atoms with Crippen LogP contribution in [0.15, 0.2) is 65.1 Å². The number of aromatic nitrogens is 1. The van der Waals surface area contributed by atoms with Crippen LogP contribution in [0, 0.1) is 0 Å². The third kappa shape index (κ3) is 4.55. The molecule has 1 heterocycles. The summed E-state index contributed by atoms with van der Waals surface area (Å²) in [4.78, 5) is 18.4. The number of benzene rings is 2. The summed E-state index contributed by atoms with van der Waals surface area (Å²) in [7, 11) is 0. The van der Waals surface area contributed by atoms with Crippen LogP contribution in [-0.4, -0.2) is 33.5 Å². The Morgan fingerprint density at radius 3 is 2.64 bits per heavy atom. The molecule has 5 heteroatoms. The van der Waals surface area contributed by atoms with Gasteiger partial charge >= 0.3 is 0 Å². The number of aliphatic hydroxyl groups is 1. The van der Waals surface area contributed by atoms with Gasteiger partial charge in [-0.2, -0.15) is 0 Å². The van der Waals surface area contributed by atoms with Crippen LogP contribution < -0.4 is 0 Å². The quantitative estimate of drug-likeness (QED) is 0.702. The molecule has 3 aromatic rings. The Labute approximate surface area is 146 Å². The molecular formula is C20H20N2O3. The Bertz CT molecular complexity index is 836. The lowest BCUT2D eigenvalue weighted by atomic mass is 10.2. The zero-order valence-electron chi connectivity index (χ0n) is 14.0. The predicted molar refractivity (Wildman–Crippen MR) is 96.6 cm³/mol. The molecule has 1 amide bonds. The number of hydrogen-bond donors (Lipinski definition) is 1. The molecule has 3 rings (SSSR count). The minimum atomic E-state index is -0.606. The van der Waals surface area contributed by atoms with E-state index in [1.165, 1.54) is 6.08 Å². The van der Waals surface area contributed by atoms with E-state index in [0.717, 1.165) is 11.1 Å². The van der Waals surface area contributed by atoms with Crippen LogP contribution in [0.4, 0.5) is 0 Å². The number of nitrogens with zero attached hydrogens (tertiary/aromatic N) is 2. The highest BCUT2D eigenvalue weighted by molar-refractivity contribution is 5.91. The van der Waals surface area contributed by atoms with Gasteiger partial charge in [0.2, 0.25) is 11.8 Å². The molecule has 2 aromatic carbocycles. The maximum absolute atomic E-state index is 12.5. The van der Waals surface area contributed by atoms with Gasteiger partial charge in [0.1, 0.15) is 5.52 Å². The third-order valence-electron chi connectivity index (χ3n) is 3.69. The Morgan fingerprint density at radius 2 is 1.92 bits per heavy atom. The molecule has 5 nitrogen and oxygen atoms in total. The molecule has 1 atom stereocenters. The summed E-state index contributed by atoms with van der Waals surface area (Å²) >= 11 is 0. The number of hydrogen-bond acceptors (Lipinski definition) is 4. The van der Waals surface area contributed by atoms with Crippen LogP contribution in [0.3, 0.4) is 0 Å². The maximum atomic E-state index is 12.5. The Hall–Kier alpha value is -2.92. The average molecular weight is 336 g/mol. The van der Waals surface area contributed by atoms with E-state index in [1.54, 1.807) is 17.9 Å². The topological polar surface area (TPSA) is 66.6 Å². The molecule has 0 bridgehead atoms. The number of carbonyl (C=O) groups is 1. The fourth-order valence-electron chi connectivity index (χ4n) is 2.56. The van der Waals surface area contributed by atoms with Crippen molar-refractivity contribution in [1.82, 2.24) is 9.88 Å². The van der Waals surface area contributed by atoms with E-state index in [1.807, 2.05) is 54.6 Å². The molecule has 0 aliphatic rings. The van der Waals surface area contributed by atoms with Crippen molar-refractivity contribution in [3.05, 3.63) is 72.1 Å². The first-order chi connectivity index (χ1) is 12.1. The van der Waals surface area contributed by atoms with Crippen molar-refractivity contribution >= 4 is 23.1 Å². The Balaban J connectivity index is 1.74. The molecule has 0 radical (unpaired) electrons. The SMILES string of the molecule is C[C@@H](O)CN(Cc1ccccc1)C(=O)/C=C\c1nc2ccccc2o1. The van der Waals surface area contributed by atoms with Gasteiger partial charge in [-0.3, -0.25) is 4.79 Å². The summed E-state index contributed by atoms with van der Waals surface area (Å²) in [6.07, 6.45) is 2.38. The van der Waals surface area contributed by atoms with Gasteiger partial charge in [0.05, 0.1) is 6.10 Å². The monoisotopic (exact) mass is 336 g/mol. The number of para-hydroxylation sites is 2. The van der Waals surface area contributed by atoms with E-state index >= 15 is 0 Å². The summed E-state index contributed by atoms with van der Waals surface area (Å²) in [5.41, 5.74) is 2.44. The van der Waals surface area contributed by atoms with Crippen LogP contribution in [0.5, 0.6) is 0 Å². The summed E-state index contributed by atoms with van der Waals surface area (Å²) in [5.74, 6) is 0.179. The van der Waals surface area contributed by atoms with E-state index in [2.05, 4.69) is 4.98 Å². The van der Waals surface area contributed by atoms with Gasteiger partial charge in [-0.25, -0.2) is 4.98 Å². The molecular weight excluding hydrogens is 316 g/mol. The predicted octanol–water partition coefficient (Wildman–Crippen LogP) is 3.25. The van der Waals surface area contributed by atoms with Crippen molar-refractivity contribution in [2.45, 2.75) is 19.6 Å². The second-order valence-corrected chi connectivity index (χ2v) is 5.91. The van der Waals surface area contributed by atoms with Gasteiger partial charge in [-0.05, 0) is 24.6 Å². The number of fused-ring (bicyclic) bond motifs is 1. The zero-order chi connectivity index (χ0) is 17.6. The fourth-order valence-corrected chi connectivity index (χ4v) is 2.56. The summed E-state index contributed by atoms with van der Waals surface area (Å²) < 4.78 is 5.58. The Kier molecular flexibility index (Phi) is 5.26.